The molecule has 0 unspecified atom stereocenters. The molecule has 0 radical (unpaired) electrons. The molecule has 1 aliphatic carbocycles. The van der Waals surface area contributed by atoms with Crippen molar-refractivity contribution in [3.63, 3.8) is 0 Å². The van der Waals surface area contributed by atoms with Crippen LogP contribution in [0, 0.1) is 5.92 Å². The smallest absolute Gasteiger partial charge is 0.144 e. The Hall–Kier alpha value is -0.670. The molecule has 0 aliphatic heterocycles. The number of hydrogen-bond acceptors (Lipinski definition) is 3. The average molecular weight is 308 g/mol. The van der Waals surface area contributed by atoms with Crippen LogP contribution in [0.25, 0.3) is 0 Å². The van der Waals surface area contributed by atoms with Crippen molar-refractivity contribution in [3.8, 4) is 0 Å². The van der Waals surface area contributed by atoms with Crippen LogP contribution in [-0.2, 0) is 10.2 Å². The highest BCUT2D eigenvalue weighted by Gasteiger charge is 2.46. The van der Waals surface area contributed by atoms with E-state index in [9.17, 15) is 4.79 Å². The van der Waals surface area contributed by atoms with E-state index in [2.05, 4.69) is 36.5 Å². The summed E-state index contributed by atoms with van der Waals surface area (Å²) in [6.07, 6.45) is 7.98. The van der Waals surface area contributed by atoms with E-state index in [-0.39, 0.29) is 5.41 Å². The van der Waals surface area contributed by atoms with Gasteiger partial charge in [0.1, 0.15) is 5.78 Å². The standard InChI is InChI=1S/C18H29NOS/c1-4-16(20)18(12-13-19(2)3,17-11-8-14-21-17)15-9-6-5-7-10-15/h8,11,14-15H,4-7,9-10,12-13H2,1-3H3/t18-/m1/s1. The van der Waals surface area contributed by atoms with Gasteiger partial charge in [0.2, 0.25) is 0 Å². The van der Waals surface area contributed by atoms with Gasteiger partial charge in [0.25, 0.3) is 0 Å². The van der Waals surface area contributed by atoms with Gasteiger partial charge in [-0.05, 0) is 57.3 Å². The van der Waals surface area contributed by atoms with Gasteiger partial charge in [-0.1, -0.05) is 32.3 Å². The van der Waals surface area contributed by atoms with Gasteiger partial charge in [0, 0.05) is 11.3 Å². The Balaban J connectivity index is 2.39. The van der Waals surface area contributed by atoms with E-state index in [0.717, 1.165) is 13.0 Å². The minimum atomic E-state index is -0.229. The molecule has 1 aliphatic rings. The fourth-order valence-electron chi connectivity index (χ4n) is 3.88. The Morgan fingerprint density at radius 1 is 1.33 bits per heavy atom. The van der Waals surface area contributed by atoms with Gasteiger partial charge >= 0.3 is 0 Å². The van der Waals surface area contributed by atoms with Gasteiger partial charge in [0.05, 0.1) is 5.41 Å². The van der Waals surface area contributed by atoms with Gasteiger partial charge < -0.3 is 4.90 Å². The molecule has 1 heterocycles. The summed E-state index contributed by atoms with van der Waals surface area (Å²) in [5, 5.41) is 2.13. The Bertz CT molecular complexity index is 434. The molecule has 1 saturated carbocycles. The van der Waals surface area contributed by atoms with Crippen LogP contribution in [0.2, 0.25) is 0 Å². The minimum absolute atomic E-state index is 0.229. The molecule has 2 nitrogen and oxygen atoms in total. The van der Waals surface area contributed by atoms with Crippen molar-refractivity contribution in [1.82, 2.24) is 4.90 Å². The van der Waals surface area contributed by atoms with Crippen molar-refractivity contribution < 1.29 is 4.79 Å². The van der Waals surface area contributed by atoms with Gasteiger partial charge in [-0.25, -0.2) is 0 Å². The predicted octanol–water partition coefficient (Wildman–Crippen LogP) is 4.50. The molecule has 118 valence electrons. The third kappa shape index (κ3) is 3.57. The maximum atomic E-state index is 13.0. The number of nitrogens with zero attached hydrogens (tertiary/aromatic N) is 1. The summed E-state index contributed by atoms with van der Waals surface area (Å²) in [4.78, 5) is 16.6. The zero-order valence-corrected chi connectivity index (χ0v) is 14.5. The number of rotatable bonds is 7. The van der Waals surface area contributed by atoms with Crippen LogP contribution in [0.3, 0.4) is 0 Å². The summed E-state index contributed by atoms with van der Waals surface area (Å²) in [6.45, 7) is 3.02. The zero-order valence-electron chi connectivity index (χ0n) is 13.7. The lowest BCUT2D eigenvalue weighted by molar-refractivity contribution is -0.127. The molecule has 1 aromatic rings. The second kappa shape index (κ2) is 7.55. The first-order valence-electron chi connectivity index (χ1n) is 8.33. The van der Waals surface area contributed by atoms with Crippen molar-refractivity contribution in [3.05, 3.63) is 22.4 Å². The van der Waals surface area contributed by atoms with Crippen molar-refractivity contribution in [2.45, 2.75) is 57.3 Å². The topological polar surface area (TPSA) is 20.3 Å². The Kier molecular flexibility index (Phi) is 6.00. The quantitative estimate of drug-likeness (QED) is 0.739. The van der Waals surface area contributed by atoms with Crippen molar-refractivity contribution in [2.24, 2.45) is 5.92 Å². The van der Waals surface area contributed by atoms with Gasteiger partial charge in [0.15, 0.2) is 0 Å². The molecule has 1 atom stereocenters. The summed E-state index contributed by atoms with van der Waals surface area (Å²) in [5.41, 5.74) is -0.229. The average Bonchev–Trinajstić information content (AvgIpc) is 3.03. The van der Waals surface area contributed by atoms with E-state index in [4.69, 9.17) is 0 Å². The second-order valence-corrected chi connectivity index (χ2v) is 7.56. The molecular weight excluding hydrogens is 278 g/mol. The summed E-state index contributed by atoms with van der Waals surface area (Å²) in [5.74, 6) is 0.996. The monoisotopic (exact) mass is 307 g/mol. The highest BCUT2D eigenvalue weighted by atomic mass is 32.1. The van der Waals surface area contributed by atoms with Crippen LogP contribution >= 0.6 is 11.3 Å². The van der Waals surface area contributed by atoms with E-state index in [1.165, 1.54) is 37.0 Å². The van der Waals surface area contributed by atoms with E-state index in [0.29, 0.717) is 18.1 Å². The lowest BCUT2D eigenvalue weighted by Gasteiger charge is -2.41. The van der Waals surface area contributed by atoms with Crippen LogP contribution < -0.4 is 0 Å². The molecule has 1 aromatic heterocycles. The number of carbonyl (C=O) groups excluding carboxylic acids is 1. The highest BCUT2D eigenvalue weighted by molar-refractivity contribution is 7.10. The maximum absolute atomic E-state index is 13.0. The normalized spacial score (nSPS) is 19.6. The first-order valence-corrected chi connectivity index (χ1v) is 9.21. The molecule has 21 heavy (non-hydrogen) atoms. The Morgan fingerprint density at radius 3 is 2.57 bits per heavy atom. The van der Waals surface area contributed by atoms with E-state index < -0.39 is 0 Å². The van der Waals surface area contributed by atoms with Crippen LogP contribution in [0.5, 0.6) is 0 Å². The number of carbonyl (C=O) groups is 1. The second-order valence-electron chi connectivity index (χ2n) is 6.61. The van der Waals surface area contributed by atoms with E-state index >= 15 is 0 Å². The largest absolute Gasteiger partial charge is 0.309 e. The molecule has 0 spiro atoms. The molecule has 0 aromatic carbocycles. The summed E-state index contributed by atoms with van der Waals surface area (Å²) < 4.78 is 0. The summed E-state index contributed by atoms with van der Waals surface area (Å²) >= 11 is 1.78. The number of ketones is 1. The third-order valence-corrected chi connectivity index (χ3v) is 6.08. The van der Waals surface area contributed by atoms with Crippen molar-refractivity contribution in [2.75, 3.05) is 20.6 Å². The van der Waals surface area contributed by atoms with Crippen LogP contribution in [0.1, 0.15) is 56.7 Å². The lowest BCUT2D eigenvalue weighted by atomic mass is 9.63. The molecular formula is C18H29NOS. The predicted molar refractivity (Wildman–Crippen MR) is 91.0 cm³/mol. The van der Waals surface area contributed by atoms with Crippen molar-refractivity contribution in [1.29, 1.82) is 0 Å². The molecule has 0 bridgehead atoms. The highest BCUT2D eigenvalue weighted by Crippen LogP contribution is 2.46. The Labute approximate surface area is 133 Å². The summed E-state index contributed by atoms with van der Waals surface area (Å²) in [6, 6.07) is 4.30. The summed E-state index contributed by atoms with van der Waals surface area (Å²) in [7, 11) is 4.22. The molecule has 0 amide bonds. The van der Waals surface area contributed by atoms with Crippen molar-refractivity contribution >= 4 is 17.1 Å². The number of Topliss-reactive ketones (excluding diaryl/α,β-unsaturated/α-hetero) is 1. The SMILES string of the molecule is CCC(=O)[C@](CCN(C)C)(c1cccs1)C1CCCCC1. The molecule has 2 rings (SSSR count). The molecule has 0 N–H and O–H groups in total. The molecule has 3 heteroatoms. The Morgan fingerprint density at radius 2 is 2.05 bits per heavy atom. The van der Waals surface area contributed by atoms with Crippen LogP contribution in [-0.4, -0.2) is 31.3 Å². The maximum Gasteiger partial charge on any atom is 0.144 e. The number of hydrogen-bond donors (Lipinski definition) is 0. The minimum Gasteiger partial charge on any atom is -0.309 e. The van der Waals surface area contributed by atoms with Crippen LogP contribution in [0.4, 0.5) is 0 Å². The van der Waals surface area contributed by atoms with E-state index in [1.54, 1.807) is 11.3 Å². The first-order chi connectivity index (χ1) is 10.1. The zero-order chi connectivity index (χ0) is 15.3. The molecule has 0 saturated heterocycles. The van der Waals surface area contributed by atoms with Crippen LogP contribution in [0.15, 0.2) is 17.5 Å². The lowest BCUT2D eigenvalue weighted by Crippen LogP contribution is -2.45. The van der Waals surface area contributed by atoms with E-state index in [1.807, 2.05) is 6.92 Å². The fraction of sp³-hybridized carbons (Fsp3) is 0.722. The molecule has 1 fully saturated rings. The first kappa shape index (κ1) is 16.7. The fourth-order valence-corrected chi connectivity index (χ4v) is 4.93. The van der Waals surface area contributed by atoms with Gasteiger partial charge in [-0.15, -0.1) is 11.3 Å². The van der Waals surface area contributed by atoms with Gasteiger partial charge in [-0.2, -0.15) is 0 Å². The van der Waals surface area contributed by atoms with Gasteiger partial charge in [-0.3, -0.25) is 4.79 Å². The third-order valence-electron chi connectivity index (χ3n) is 5.04. The number of thiophene rings is 1.